The zero-order valence-electron chi connectivity index (χ0n) is 11.3. The van der Waals surface area contributed by atoms with E-state index in [1.807, 2.05) is 0 Å². The van der Waals surface area contributed by atoms with Crippen LogP contribution in [-0.2, 0) is 0 Å². The summed E-state index contributed by atoms with van der Waals surface area (Å²) in [5.41, 5.74) is -0.466. The van der Waals surface area contributed by atoms with Crippen molar-refractivity contribution in [2.45, 2.75) is 77.4 Å². The van der Waals surface area contributed by atoms with Crippen LogP contribution in [0.2, 0.25) is 0 Å². The fourth-order valence-corrected chi connectivity index (χ4v) is 3.00. The summed E-state index contributed by atoms with van der Waals surface area (Å²) in [6, 6.07) is 0.639. The number of rotatable bonds is 7. The van der Waals surface area contributed by atoms with Crippen LogP contribution in [0.1, 0.15) is 65.7 Å². The van der Waals surface area contributed by atoms with Gasteiger partial charge in [-0.25, -0.2) is 0 Å². The zero-order chi connectivity index (χ0) is 12.0. The molecule has 1 rings (SSSR count). The van der Waals surface area contributed by atoms with Gasteiger partial charge in [0.2, 0.25) is 0 Å². The highest BCUT2D eigenvalue weighted by molar-refractivity contribution is 4.86. The van der Waals surface area contributed by atoms with Crippen molar-refractivity contribution >= 4 is 0 Å². The van der Waals surface area contributed by atoms with E-state index in [1.54, 1.807) is 0 Å². The van der Waals surface area contributed by atoms with Gasteiger partial charge in [0.05, 0.1) is 5.60 Å². The fourth-order valence-electron chi connectivity index (χ4n) is 3.00. The SMILES string of the molecule is CCCC(O)(CCC)CNC1CCCC1C. The van der Waals surface area contributed by atoms with Crippen LogP contribution in [0.4, 0.5) is 0 Å². The topological polar surface area (TPSA) is 32.3 Å². The van der Waals surface area contributed by atoms with Gasteiger partial charge in [-0.2, -0.15) is 0 Å². The van der Waals surface area contributed by atoms with E-state index in [2.05, 4.69) is 26.1 Å². The smallest absolute Gasteiger partial charge is 0.0771 e. The lowest BCUT2D eigenvalue weighted by Crippen LogP contribution is -2.45. The molecule has 0 aromatic heterocycles. The van der Waals surface area contributed by atoms with Crippen LogP contribution in [0.15, 0.2) is 0 Å². The third kappa shape index (κ3) is 4.06. The van der Waals surface area contributed by atoms with Gasteiger partial charge in [0.15, 0.2) is 0 Å². The van der Waals surface area contributed by atoms with Crippen molar-refractivity contribution in [3.8, 4) is 0 Å². The van der Waals surface area contributed by atoms with Crippen molar-refractivity contribution in [2.24, 2.45) is 5.92 Å². The first-order valence-corrected chi connectivity index (χ1v) is 7.07. The normalized spacial score (nSPS) is 26.2. The minimum atomic E-state index is -0.466. The maximum Gasteiger partial charge on any atom is 0.0771 e. The summed E-state index contributed by atoms with van der Waals surface area (Å²) < 4.78 is 0. The highest BCUT2D eigenvalue weighted by Gasteiger charge is 2.28. The quantitative estimate of drug-likeness (QED) is 0.700. The number of hydrogen-bond donors (Lipinski definition) is 2. The predicted molar refractivity (Wildman–Crippen MR) is 69.6 cm³/mol. The highest BCUT2D eigenvalue weighted by Crippen LogP contribution is 2.26. The third-order valence-electron chi connectivity index (χ3n) is 3.99. The van der Waals surface area contributed by atoms with Crippen LogP contribution in [0.3, 0.4) is 0 Å². The van der Waals surface area contributed by atoms with Crippen molar-refractivity contribution in [3.63, 3.8) is 0 Å². The molecule has 0 aromatic rings. The minimum Gasteiger partial charge on any atom is -0.389 e. The molecule has 0 heterocycles. The van der Waals surface area contributed by atoms with Crippen LogP contribution in [0.5, 0.6) is 0 Å². The van der Waals surface area contributed by atoms with Crippen LogP contribution in [0.25, 0.3) is 0 Å². The second-order valence-corrected chi connectivity index (χ2v) is 5.62. The lowest BCUT2D eigenvalue weighted by Gasteiger charge is -2.30. The Bertz CT molecular complexity index is 187. The Labute approximate surface area is 101 Å². The molecule has 1 aliphatic rings. The molecular formula is C14H29NO. The van der Waals surface area contributed by atoms with Crippen LogP contribution >= 0.6 is 0 Å². The number of hydrogen-bond acceptors (Lipinski definition) is 2. The van der Waals surface area contributed by atoms with E-state index in [9.17, 15) is 5.11 Å². The Morgan fingerprint density at radius 3 is 2.25 bits per heavy atom. The fraction of sp³-hybridized carbons (Fsp3) is 1.00. The molecule has 0 aliphatic heterocycles. The molecule has 0 radical (unpaired) electrons. The largest absolute Gasteiger partial charge is 0.389 e. The highest BCUT2D eigenvalue weighted by atomic mass is 16.3. The first-order valence-electron chi connectivity index (χ1n) is 7.07. The zero-order valence-corrected chi connectivity index (χ0v) is 11.3. The lowest BCUT2D eigenvalue weighted by molar-refractivity contribution is 0.0183. The molecule has 0 spiro atoms. The summed E-state index contributed by atoms with van der Waals surface area (Å²) in [7, 11) is 0. The maximum absolute atomic E-state index is 10.5. The van der Waals surface area contributed by atoms with Gasteiger partial charge >= 0.3 is 0 Å². The van der Waals surface area contributed by atoms with E-state index in [-0.39, 0.29) is 0 Å². The standard InChI is InChI=1S/C14H29NO/c1-4-9-14(16,10-5-2)11-15-13-8-6-7-12(13)3/h12-13,15-16H,4-11H2,1-3H3. The average Bonchev–Trinajstić information content (AvgIpc) is 2.62. The molecule has 2 heteroatoms. The second kappa shape index (κ2) is 6.61. The van der Waals surface area contributed by atoms with Crippen molar-refractivity contribution < 1.29 is 5.11 Å². The second-order valence-electron chi connectivity index (χ2n) is 5.62. The molecule has 0 amide bonds. The summed E-state index contributed by atoms with van der Waals surface area (Å²) >= 11 is 0. The molecule has 0 bridgehead atoms. The lowest BCUT2D eigenvalue weighted by atomic mass is 9.92. The van der Waals surface area contributed by atoms with E-state index in [0.717, 1.165) is 38.1 Å². The van der Waals surface area contributed by atoms with Crippen molar-refractivity contribution in [1.29, 1.82) is 0 Å². The van der Waals surface area contributed by atoms with Crippen molar-refractivity contribution in [3.05, 3.63) is 0 Å². The first kappa shape index (κ1) is 14.0. The van der Waals surface area contributed by atoms with Gasteiger partial charge in [0.1, 0.15) is 0 Å². The first-order chi connectivity index (χ1) is 7.61. The Morgan fingerprint density at radius 2 is 1.81 bits per heavy atom. The van der Waals surface area contributed by atoms with Gasteiger partial charge in [0.25, 0.3) is 0 Å². The van der Waals surface area contributed by atoms with E-state index in [4.69, 9.17) is 0 Å². The molecule has 0 saturated heterocycles. The predicted octanol–water partition coefficient (Wildman–Crippen LogP) is 3.10. The van der Waals surface area contributed by atoms with Crippen LogP contribution < -0.4 is 5.32 Å². The summed E-state index contributed by atoms with van der Waals surface area (Å²) in [4.78, 5) is 0. The molecule has 96 valence electrons. The molecule has 1 saturated carbocycles. The van der Waals surface area contributed by atoms with Crippen molar-refractivity contribution in [2.75, 3.05) is 6.54 Å². The molecular weight excluding hydrogens is 198 g/mol. The van der Waals surface area contributed by atoms with Gasteiger partial charge in [-0.1, -0.05) is 40.0 Å². The van der Waals surface area contributed by atoms with Crippen LogP contribution in [0, 0.1) is 5.92 Å². The molecule has 1 aliphatic carbocycles. The Balaban J connectivity index is 2.36. The average molecular weight is 227 g/mol. The third-order valence-corrected chi connectivity index (χ3v) is 3.99. The summed E-state index contributed by atoms with van der Waals surface area (Å²) in [5, 5.41) is 14.1. The summed E-state index contributed by atoms with van der Waals surface area (Å²) in [5.74, 6) is 0.785. The summed E-state index contributed by atoms with van der Waals surface area (Å²) in [6.45, 7) is 7.41. The number of aliphatic hydroxyl groups is 1. The number of nitrogens with one attached hydrogen (secondary N) is 1. The van der Waals surface area contributed by atoms with Gasteiger partial charge in [-0.05, 0) is 31.6 Å². The van der Waals surface area contributed by atoms with Gasteiger partial charge in [0, 0.05) is 12.6 Å². The monoisotopic (exact) mass is 227 g/mol. The van der Waals surface area contributed by atoms with Gasteiger partial charge < -0.3 is 10.4 Å². The molecule has 2 nitrogen and oxygen atoms in total. The van der Waals surface area contributed by atoms with Gasteiger partial charge in [-0.3, -0.25) is 0 Å². The van der Waals surface area contributed by atoms with E-state index in [0.29, 0.717) is 6.04 Å². The molecule has 2 unspecified atom stereocenters. The van der Waals surface area contributed by atoms with E-state index >= 15 is 0 Å². The van der Waals surface area contributed by atoms with Crippen molar-refractivity contribution in [1.82, 2.24) is 5.32 Å². The molecule has 2 atom stereocenters. The maximum atomic E-state index is 10.5. The molecule has 0 aromatic carbocycles. The molecule has 2 N–H and O–H groups in total. The van der Waals surface area contributed by atoms with Crippen LogP contribution in [-0.4, -0.2) is 23.3 Å². The summed E-state index contributed by atoms with van der Waals surface area (Å²) in [6.07, 6.45) is 7.96. The molecule has 16 heavy (non-hydrogen) atoms. The van der Waals surface area contributed by atoms with E-state index in [1.165, 1.54) is 19.3 Å². The Kier molecular flexibility index (Phi) is 5.77. The minimum absolute atomic E-state index is 0.466. The molecule has 1 fully saturated rings. The van der Waals surface area contributed by atoms with Gasteiger partial charge in [-0.15, -0.1) is 0 Å². The Morgan fingerprint density at radius 1 is 1.19 bits per heavy atom. The Hall–Kier alpha value is -0.0800. The van der Waals surface area contributed by atoms with E-state index < -0.39 is 5.60 Å².